The largest absolute Gasteiger partial charge is 0.360 e. The van der Waals surface area contributed by atoms with Gasteiger partial charge in [0.05, 0.1) is 11.6 Å². The quantitative estimate of drug-likeness (QED) is 0.762. The standard InChI is InChI=1S/C10H10N6S/c1-7(8-4-11-6-17-8)14-9-10-15-13-5-16(10)3-2-12-9/h2-7H,1H3,(H,12,14)/t7-/m1/s1. The van der Waals surface area contributed by atoms with Crippen LogP contribution in [0.2, 0.25) is 0 Å². The van der Waals surface area contributed by atoms with Gasteiger partial charge in [0.25, 0.3) is 0 Å². The fraction of sp³-hybridized carbons (Fsp3) is 0.200. The number of hydrogen-bond donors (Lipinski definition) is 1. The van der Waals surface area contributed by atoms with Crippen molar-refractivity contribution >= 4 is 22.8 Å². The van der Waals surface area contributed by atoms with Gasteiger partial charge in [-0.25, -0.2) is 4.98 Å². The molecule has 6 nitrogen and oxygen atoms in total. The van der Waals surface area contributed by atoms with Gasteiger partial charge in [-0.3, -0.25) is 9.38 Å². The Morgan fingerprint density at radius 2 is 2.41 bits per heavy atom. The van der Waals surface area contributed by atoms with Crippen LogP contribution in [0, 0.1) is 0 Å². The summed E-state index contributed by atoms with van der Waals surface area (Å²) in [6.07, 6.45) is 7.04. The van der Waals surface area contributed by atoms with Gasteiger partial charge in [0, 0.05) is 23.5 Å². The molecule has 3 aromatic rings. The highest BCUT2D eigenvalue weighted by atomic mass is 32.1. The third-order valence-corrected chi connectivity index (χ3v) is 3.41. The normalized spacial score (nSPS) is 12.8. The lowest BCUT2D eigenvalue weighted by Crippen LogP contribution is -2.07. The molecule has 3 heterocycles. The smallest absolute Gasteiger partial charge is 0.203 e. The molecule has 0 unspecified atom stereocenters. The molecular formula is C10H10N6S. The molecule has 3 aromatic heterocycles. The average molecular weight is 246 g/mol. The predicted octanol–water partition coefficient (Wildman–Crippen LogP) is 1.75. The highest BCUT2D eigenvalue weighted by Gasteiger charge is 2.11. The van der Waals surface area contributed by atoms with Gasteiger partial charge in [0.2, 0.25) is 5.65 Å². The SMILES string of the molecule is C[C@@H](Nc1nccn2cnnc12)c1cncs1. The fourth-order valence-corrected chi connectivity index (χ4v) is 2.20. The number of thiazole rings is 1. The molecule has 0 aliphatic carbocycles. The summed E-state index contributed by atoms with van der Waals surface area (Å²) in [6.45, 7) is 2.06. The topological polar surface area (TPSA) is 68.0 Å². The molecule has 1 N–H and O–H groups in total. The number of nitrogens with zero attached hydrogens (tertiary/aromatic N) is 5. The zero-order valence-electron chi connectivity index (χ0n) is 9.11. The summed E-state index contributed by atoms with van der Waals surface area (Å²) in [7, 11) is 0. The van der Waals surface area contributed by atoms with Crippen molar-refractivity contribution in [3.63, 3.8) is 0 Å². The van der Waals surface area contributed by atoms with Crippen molar-refractivity contribution in [2.45, 2.75) is 13.0 Å². The van der Waals surface area contributed by atoms with Gasteiger partial charge in [0.1, 0.15) is 6.33 Å². The summed E-state index contributed by atoms with van der Waals surface area (Å²) >= 11 is 1.61. The Hall–Kier alpha value is -2.02. The summed E-state index contributed by atoms with van der Waals surface area (Å²) in [5.74, 6) is 0.728. The lowest BCUT2D eigenvalue weighted by molar-refractivity contribution is 0.889. The molecule has 0 spiro atoms. The number of anilines is 1. The van der Waals surface area contributed by atoms with E-state index in [1.807, 2.05) is 22.3 Å². The summed E-state index contributed by atoms with van der Waals surface area (Å²) in [5.41, 5.74) is 2.54. The van der Waals surface area contributed by atoms with Crippen molar-refractivity contribution in [2.24, 2.45) is 0 Å². The van der Waals surface area contributed by atoms with Crippen LogP contribution in [0.25, 0.3) is 5.65 Å². The second-order valence-corrected chi connectivity index (χ2v) is 4.53. The molecule has 0 saturated heterocycles. The zero-order chi connectivity index (χ0) is 11.7. The van der Waals surface area contributed by atoms with E-state index in [4.69, 9.17) is 0 Å². The van der Waals surface area contributed by atoms with Crippen LogP contribution in [-0.4, -0.2) is 24.6 Å². The Morgan fingerprint density at radius 3 is 3.24 bits per heavy atom. The molecule has 86 valence electrons. The maximum atomic E-state index is 4.28. The first-order valence-electron chi connectivity index (χ1n) is 5.14. The number of fused-ring (bicyclic) bond motifs is 1. The van der Waals surface area contributed by atoms with E-state index >= 15 is 0 Å². The van der Waals surface area contributed by atoms with E-state index in [0.29, 0.717) is 0 Å². The van der Waals surface area contributed by atoms with Gasteiger partial charge < -0.3 is 5.32 Å². The molecule has 3 rings (SSSR count). The number of nitrogens with one attached hydrogen (secondary N) is 1. The van der Waals surface area contributed by atoms with Crippen molar-refractivity contribution in [2.75, 3.05) is 5.32 Å². The Morgan fingerprint density at radius 1 is 1.47 bits per heavy atom. The Kier molecular flexibility index (Phi) is 2.45. The van der Waals surface area contributed by atoms with Crippen LogP contribution in [0.3, 0.4) is 0 Å². The van der Waals surface area contributed by atoms with Crippen LogP contribution in [0.1, 0.15) is 17.8 Å². The first-order valence-corrected chi connectivity index (χ1v) is 6.02. The Balaban J connectivity index is 1.92. The second kappa shape index (κ2) is 4.10. The lowest BCUT2D eigenvalue weighted by atomic mass is 10.3. The van der Waals surface area contributed by atoms with Gasteiger partial charge in [-0.2, -0.15) is 0 Å². The third kappa shape index (κ3) is 1.84. The number of hydrogen-bond acceptors (Lipinski definition) is 6. The van der Waals surface area contributed by atoms with Gasteiger partial charge >= 0.3 is 0 Å². The Labute approximate surface area is 101 Å². The van der Waals surface area contributed by atoms with Gasteiger partial charge in [-0.05, 0) is 6.92 Å². The van der Waals surface area contributed by atoms with Crippen LogP contribution >= 0.6 is 11.3 Å². The molecule has 0 radical (unpaired) electrons. The lowest BCUT2D eigenvalue weighted by Gasteiger charge is -2.12. The summed E-state index contributed by atoms with van der Waals surface area (Å²) in [4.78, 5) is 9.50. The highest BCUT2D eigenvalue weighted by molar-refractivity contribution is 7.09. The van der Waals surface area contributed by atoms with E-state index in [-0.39, 0.29) is 6.04 Å². The van der Waals surface area contributed by atoms with E-state index in [1.165, 1.54) is 0 Å². The molecule has 0 amide bonds. The maximum absolute atomic E-state index is 4.28. The van der Waals surface area contributed by atoms with E-state index in [9.17, 15) is 0 Å². The van der Waals surface area contributed by atoms with Crippen molar-refractivity contribution in [1.82, 2.24) is 24.6 Å². The van der Waals surface area contributed by atoms with Gasteiger partial charge in [0.15, 0.2) is 5.82 Å². The molecular weight excluding hydrogens is 236 g/mol. The summed E-state index contributed by atoms with van der Waals surface area (Å²) in [6, 6.07) is 0.151. The third-order valence-electron chi connectivity index (χ3n) is 2.45. The van der Waals surface area contributed by atoms with Crippen LogP contribution < -0.4 is 5.32 Å². The van der Waals surface area contributed by atoms with Crippen molar-refractivity contribution < 1.29 is 0 Å². The zero-order valence-corrected chi connectivity index (χ0v) is 9.92. The van der Waals surface area contributed by atoms with E-state index in [2.05, 4.69) is 32.4 Å². The predicted molar refractivity (Wildman–Crippen MR) is 64.9 cm³/mol. The van der Waals surface area contributed by atoms with Crippen molar-refractivity contribution in [3.05, 3.63) is 35.3 Å². The minimum atomic E-state index is 0.151. The maximum Gasteiger partial charge on any atom is 0.203 e. The van der Waals surface area contributed by atoms with E-state index in [1.54, 1.807) is 23.9 Å². The first-order chi connectivity index (χ1) is 8.34. The van der Waals surface area contributed by atoms with Crippen molar-refractivity contribution in [3.8, 4) is 0 Å². The monoisotopic (exact) mass is 246 g/mol. The molecule has 1 atom stereocenters. The highest BCUT2D eigenvalue weighted by Crippen LogP contribution is 2.22. The molecule has 0 bridgehead atoms. The molecule has 0 aliphatic heterocycles. The van der Waals surface area contributed by atoms with E-state index in [0.717, 1.165) is 16.3 Å². The fourth-order valence-electron chi connectivity index (χ4n) is 1.58. The molecule has 0 saturated carbocycles. The van der Waals surface area contributed by atoms with Crippen LogP contribution in [0.4, 0.5) is 5.82 Å². The summed E-state index contributed by atoms with van der Waals surface area (Å²) < 4.78 is 1.83. The molecule has 0 fully saturated rings. The molecule has 0 aliphatic rings. The first kappa shape index (κ1) is 10.2. The van der Waals surface area contributed by atoms with Crippen LogP contribution in [-0.2, 0) is 0 Å². The van der Waals surface area contributed by atoms with Crippen LogP contribution in [0.15, 0.2) is 30.4 Å². The molecule has 7 heteroatoms. The number of aromatic nitrogens is 5. The molecule has 0 aromatic carbocycles. The minimum absolute atomic E-state index is 0.151. The van der Waals surface area contributed by atoms with Crippen LogP contribution in [0.5, 0.6) is 0 Å². The average Bonchev–Trinajstić information content (AvgIpc) is 3.00. The van der Waals surface area contributed by atoms with Gasteiger partial charge in [-0.1, -0.05) is 0 Å². The minimum Gasteiger partial charge on any atom is -0.360 e. The number of rotatable bonds is 3. The van der Waals surface area contributed by atoms with Crippen molar-refractivity contribution in [1.29, 1.82) is 0 Å². The molecule has 17 heavy (non-hydrogen) atoms. The summed E-state index contributed by atoms with van der Waals surface area (Å²) in [5, 5.41) is 11.2. The Bertz CT molecular complexity index is 617. The second-order valence-electron chi connectivity index (χ2n) is 3.61. The van der Waals surface area contributed by atoms with E-state index < -0.39 is 0 Å². The van der Waals surface area contributed by atoms with Gasteiger partial charge in [-0.15, -0.1) is 21.5 Å².